The molecule has 1 unspecified atom stereocenters. The summed E-state index contributed by atoms with van der Waals surface area (Å²) in [5, 5.41) is 1.72. The van der Waals surface area contributed by atoms with E-state index in [1.165, 1.54) is 12.8 Å². The number of halogens is 1. The Morgan fingerprint density at radius 1 is 1.02 bits per heavy atom. The monoisotopic (exact) mass is 582 g/mol. The van der Waals surface area contributed by atoms with Crippen LogP contribution in [0.2, 0.25) is 5.02 Å². The van der Waals surface area contributed by atoms with E-state index in [1.54, 1.807) is 13.2 Å². The van der Waals surface area contributed by atoms with E-state index in [4.69, 9.17) is 30.8 Å². The van der Waals surface area contributed by atoms with Gasteiger partial charge in [-0.3, -0.25) is 4.79 Å². The van der Waals surface area contributed by atoms with Crippen molar-refractivity contribution >= 4 is 40.6 Å². The maximum absolute atomic E-state index is 13.3. The van der Waals surface area contributed by atoms with Gasteiger partial charge in [0, 0.05) is 23.5 Å². The molecule has 42 heavy (non-hydrogen) atoms. The number of rotatable bonds is 11. The zero-order valence-corrected chi connectivity index (χ0v) is 24.6. The lowest BCUT2D eigenvalue weighted by molar-refractivity contribution is 0.0129. The van der Waals surface area contributed by atoms with Crippen LogP contribution >= 0.6 is 11.6 Å². The highest BCUT2D eigenvalue weighted by molar-refractivity contribution is 6.31. The number of benzene rings is 3. The molecule has 2 fully saturated rings. The average Bonchev–Trinajstić information content (AvgIpc) is 3.69. The lowest BCUT2D eigenvalue weighted by Crippen LogP contribution is -2.28. The van der Waals surface area contributed by atoms with Crippen molar-refractivity contribution in [3.8, 4) is 11.5 Å². The Morgan fingerprint density at radius 2 is 1.86 bits per heavy atom. The molecular weight excluding hydrogens is 548 g/mol. The minimum Gasteiger partial charge on any atom is -0.497 e. The van der Waals surface area contributed by atoms with Crippen molar-refractivity contribution in [2.24, 2.45) is 5.92 Å². The second kappa shape index (κ2) is 13.0. The molecule has 1 aliphatic carbocycles. The molecule has 1 amide bonds. The molecule has 1 saturated heterocycles. The fourth-order valence-corrected chi connectivity index (χ4v) is 5.37. The number of fused-ring (bicyclic) bond motifs is 1. The molecular formula is C35H35ClN2O4. The minimum atomic E-state index is -0.281. The summed E-state index contributed by atoms with van der Waals surface area (Å²) >= 11 is 6.17. The van der Waals surface area contributed by atoms with Crippen LogP contribution < -0.4 is 9.47 Å². The summed E-state index contributed by atoms with van der Waals surface area (Å²) in [4.78, 5) is 20.0. The van der Waals surface area contributed by atoms with Crippen LogP contribution in [-0.4, -0.2) is 49.2 Å². The Morgan fingerprint density at radius 3 is 2.67 bits per heavy atom. The molecule has 7 heteroatoms. The van der Waals surface area contributed by atoms with Crippen LogP contribution in [0, 0.1) is 5.92 Å². The summed E-state index contributed by atoms with van der Waals surface area (Å²) in [5.74, 6) is 1.77. The maximum Gasteiger partial charge on any atom is 0.257 e. The second-order valence-corrected chi connectivity index (χ2v) is 11.5. The van der Waals surface area contributed by atoms with E-state index in [1.807, 2.05) is 53.4 Å². The molecule has 6 rings (SSSR count). The van der Waals surface area contributed by atoms with Gasteiger partial charge in [-0.15, -0.1) is 0 Å². The van der Waals surface area contributed by atoms with Gasteiger partial charge < -0.3 is 19.1 Å². The number of amides is 1. The topological polar surface area (TPSA) is 60.9 Å². The van der Waals surface area contributed by atoms with Gasteiger partial charge in [0.1, 0.15) is 24.2 Å². The quantitative estimate of drug-likeness (QED) is 0.180. The summed E-state index contributed by atoms with van der Waals surface area (Å²) < 4.78 is 18.2. The van der Waals surface area contributed by atoms with Crippen molar-refractivity contribution < 1.29 is 19.0 Å². The van der Waals surface area contributed by atoms with Gasteiger partial charge in [0.25, 0.3) is 5.91 Å². The molecule has 0 radical (unpaired) electrons. The summed E-state index contributed by atoms with van der Waals surface area (Å²) in [7, 11) is 1.61. The van der Waals surface area contributed by atoms with E-state index in [2.05, 4.69) is 30.3 Å². The van der Waals surface area contributed by atoms with E-state index >= 15 is 0 Å². The van der Waals surface area contributed by atoms with Gasteiger partial charge in [0.05, 0.1) is 30.5 Å². The Bertz CT molecular complexity index is 1590. The number of methoxy groups -OCH3 is 1. The molecule has 0 spiro atoms. The van der Waals surface area contributed by atoms with Crippen LogP contribution in [0.4, 0.5) is 0 Å². The fourth-order valence-electron chi connectivity index (χ4n) is 5.21. The van der Waals surface area contributed by atoms with Crippen molar-refractivity contribution in [1.82, 2.24) is 9.88 Å². The van der Waals surface area contributed by atoms with Gasteiger partial charge in [-0.05, 0) is 91.3 Å². The number of pyridine rings is 1. The van der Waals surface area contributed by atoms with Crippen LogP contribution in [-0.2, 0) is 4.74 Å². The van der Waals surface area contributed by atoms with Crippen LogP contribution in [0.1, 0.15) is 59.0 Å². The summed E-state index contributed by atoms with van der Waals surface area (Å²) in [5.41, 5.74) is 4.31. The first-order valence-electron chi connectivity index (χ1n) is 14.6. The maximum atomic E-state index is 13.3. The third-order valence-electron chi connectivity index (χ3n) is 7.84. The summed E-state index contributed by atoms with van der Waals surface area (Å²) in [6.45, 7) is 2.52. The smallest absolute Gasteiger partial charge is 0.257 e. The van der Waals surface area contributed by atoms with Crippen molar-refractivity contribution in [2.45, 2.75) is 31.8 Å². The van der Waals surface area contributed by atoms with Crippen LogP contribution in [0.5, 0.6) is 11.5 Å². The average molecular weight is 583 g/mol. The van der Waals surface area contributed by atoms with Gasteiger partial charge in [0.15, 0.2) is 0 Å². The molecule has 1 atom stereocenters. The molecule has 1 aliphatic heterocycles. The first-order valence-corrected chi connectivity index (χ1v) is 15.0. The molecule has 1 saturated carbocycles. The third-order valence-corrected chi connectivity index (χ3v) is 8.07. The first-order chi connectivity index (χ1) is 20.6. The SMILES string of the molecule is COc1ccc(OCC(OCC2CC2)c2cccc(/C=C/c3ccc4ccc(Cl)cc4n3)c2)c(C(=O)N2CCCC2)c1. The minimum absolute atomic E-state index is 0.0199. The molecule has 1 aromatic heterocycles. The standard InChI is InChI=1S/C35H35ClN2O4/c1-40-30-15-16-33(31(21-30)35(39)38-17-2-3-18-38)42-23-34(41-22-25-7-8-25)27-6-4-5-24(19-27)9-13-29-14-11-26-10-12-28(36)20-32(26)37-29/h4-6,9-16,19-21,25,34H,2-3,7-8,17-18,22-23H2,1H3/b13-9+. The molecule has 3 aromatic carbocycles. The van der Waals surface area contributed by atoms with Crippen molar-refractivity contribution in [2.75, 3.05) is 33.4 Å². The second-order valence-electron chi connectivity index (χ2n) is 11.0. The number of carbonyl (C=O) groups is 1. The number of aromatic nitrogens is 1. The zero-order valence-electron chi connectivity index (χ0n) is 23.8. The van der Waals surface area contributed by atoms with Crippen LogP contribution in [0.15, 0.2) is 72.8 Å². The molecule has 2 aliphatic rings. The molecule has 4 aromatic rings. The highest BCUT2D eigenvalue weighted by atomic mass is 35.5. The van der Waals surface area contributed by atoms with Gasteiger partial charge in [-0.1, -0.05) is 48.0 Å². The lowest BCUT2D eigenvalue weighted by Gasteiger charge is -2.22. The lowest BCUT2D eigenvalue weighted by atomic mass is 10.1. The van der Waals surface area contributed by atoms with Crippen molar-refractivity contribution in [1.29, 1.82) is 0 Å². The molecule has 0 bridgehead atoms. The van der Waals surface area contributed by atoms with E-state index in [9.17, 15) is 4.79 Å². The number of nitrogens with zero attached hydrogens (tertiary/aromatic N) is 2. The first kappa shape index (κ1) is 28.3. The Labute approximate surface area is 251 Å². The van der Waals surface area contributed by atoms with Gasteiger partial charge >= 0.3 is 0 Å². The molecule has 0 N–H and O–H groups in total. The van der Waals surface area contributed by atoms with E-state index in [0.717, 1.165) is 53.7 Å². The summed E-state index contributed by atoms with van der Waals surface area (Å²) in [6, 6.07) is 23.5. The van der Waals surface area contributed by atoms with Gasteiger partial charge in [-0.2, -0.15) is 0 Å². The number of hydrogen-bond donors (Lipinski definition) is 0. The Balaban J connectivity index is 1.21. The predicted octanol–water partition coefficient (Wildman–Crippen LogP) is 7.85. The molecule has 6 nitrogen and oxygen atoms in total. The number of ether oxygens (including phenoxy) is 3. The predicted molar refractivity (Wildman–Crippen MR) is 167 cm³/mol. The van der Waals surface area contributed by atoms with Crippen LogP contribution in [0.3, 0.4) is 0 Å². The van der Waals surface area contributed by atoms with Gasteiger partial charge in [-0.25, -0.2) is 4.98 Å². The van der Waals surface area contributed by atoms with Crippen molar-refractivity contribution in [3.63, 3.8) is 0 Å². The fraction of sp³-hybridized carbons (Fsp3) is 0.314. The van der Waals surface area contributed by atoms with E-state index in [-0.39, 0.29) is 12.0 Å². The zero-order chi connectivity index (χ0) is 28.9. The van der Waals surface area contributed by atoms with E-state index < -0.39 is 0 Å². The highest BCUT2D eigenvalue weighted by Crippen LogP contribution is 2.33. The number of hydrogen-bond acceptors (Lipinski definition) is 5. The molecule has 216 valence electrons. The van der Waals surface area contributed by atoms with Gasteiger partial charge in [0.2, 0.25) is 0 Å². The van der Waals surface area contributed by atoms with Crippen molar-refractivity contribution in [3.05, 3.63) is 100 Å². The largest absolute Gasteiger partial charge is 0.497 e. The summed E-state index contributed by atoms with van der Waals surface area (Å²) in [6.07, 6.45) is 8.23. The molecule has 2 heterocycles. The normalized spacial score (nSPS) is 15.8. The Hall–Kier alpha value is -3.87. The Kier molecular flexibility index (Phi) is 8.73. The number of carbonyl (C=O) groups excluding carboxylic acids is 1. The highest BCUT2D eigenvalue weighted by Gasteiger charge is 2.26. The van der Waals surface area contributed by atoms with Crippen LogP contribution in [0.25, 0.3) is 23.1 Å². The third kappa shape index (κ3) is 6.94. The number of likely N-dealkylation sites (tertiary alicyclic amines) is 1. The van der Waals surface area contributed by atoms with E-state index in [0.29, 0.717) is 41.2 Å².